The van der Waals surface area contributed by atoms with Crippen molar-refractivity contribution in [1.82, 2.24) is 10.3 Å². The molecule has 1 saturated heterocycles. The Balaban J connectivity index is 2.03. The number of H-pyrrole nitrogens is 1. The Hall–Kier alpha value is -1.35. The second kappa shape index (κ2) is 3.91. The van der Waals surface area contributed by atoms with Gasteiger partial charge < -0.3 is 10.3 Å². The van der Waals surface area contributed by atoms with Gasteiger partial charge in [0, 0.05) is 23.6 Å². The van der Waals surface area contributed by atoms with Gasteiger partial charge in [0.15, 0.2) is 0 Å². The number of fused-ring (bicyclic) bond motifs is 1. The molecule has 2 N–H and O–H groups in total. The molecule has 1 atom stereocenters. The Morgan fingerprint density at radius 3 is 3.06 bits per heavy atom. The molecule has 1 aliphatic rings. The van der Waals surface area contributed by atoms with Crippen LogP contribution in [0.15, 0.2) is 24.4 Å². The van der Waals surface area contributed by atoms with Gasteiger partial charge >= 0.3 is 0 Å². The highest BCUT2D eigenvalue weighted by atomic mass is 19.1. The van der Waals surface area contributed by atoms with Crippen LogP contribution in [0.4, 0.5) is 4.39 Å². The number of hydrogen-bond donors (Lipinski definition) is 2. The van der Waals surface area contributed by atoms with Crippen LogP contribution in [0.1, 0.15) is 24.3 Å². The van der Waals surface area contributed by atoms with Gasteiger partial charge in [0.05, 0.1) is 0 Å². The van der Waals surface area contributed by atoms with Crippen molar-refractivity contribution in [3.05, 3.63) is 35.8 Å². The summed E-state index contributed by atoms with van der Waals surface area (Å²) in [6.45, 7) is 2.15. The van der Waals surface area contributed by atoms with E-state index in [1.807, 2.05) is 12.3 Å². The van der Waals surface area contributed by atoms with Crippen LogP contribution in [0.5, 0.6) is 0 Å². The molecule has 0 unspecified atom stereocenters. The maximum absolute atomic E-state index is 13.1. The van der Waals surface area contributed by atoms with Crippen molar-refractivity contribution in [1.29, 1.82) is 0 Å². The van der Waals surface area contributed by atoms with Gasteiger partial charge in [0.25, 0.3) is 0 Å². The van der Waals surface area contributed by atoms with E-state index in [1.54, 1.807) is 6.07 Å². The molecule has 0 bridgehead atoms. The summed E-state index contributed by atoms with van der Waals surface area (Å²) in [5.74, 6) is 0.385. The fourth-order valence-electron chi connectivity index (χ4n) is 2.58. The molecule has 2 aromatic rings. The number of aromatic nitrogens is 1. The Morgan fingerprint density at radius 1 is 1.31 bits per heavy atom. The summed E-state index contributed by atoms with van der Waals surface area (Å²) >= 11 is 0. The third-order valence-corrected chi connectivity index (χ3v) is 3.41. The molecule has 1 fully saturated rings. The lowest BCUT2D eigenvalue weighted by atomic mass is 9.91. The minimum atomic E-state index is -0.178. The summed E-state index contributed by atoms with van der Waals surface area (Å²) < 4.78 is 13.1. The zero-order valence-electron chi connectivity index (χ0n) is 9.09. The number of hydrogen-bond acceptors (Lipinski definition) is 1. The van der Waals surface area contributed by atoms with Crippen LogP contribution >= 0.6 is 0 Å². The second-order valence-corrected chi connectivity index (χ2v) is 4.48. The lowest BCUT2D eigenvalue weighted by molar-refractivity contribution is 0.463. The topological polar surface area (TPSA) is 27.8 Å². The normalized spacial score (nSPS) is 21.4. The van der Waals surface area contributed by atoms with Crippen molar-refractivity contribution in [3.63, 3.8) is 0 Å². The van der Waals surface area contributed by atoms with Gasteiger partial charge in [-0.3, -0.25) is 0 Å². The summed E-state index contributed by atoms with van der Waals surface area (Å²) in [4.78, 5) is 3.16. The van der Waals surface area contributed by atoms with Gasteiger partial charge in [0.1, 0.15) is 5.82 Å². The average Bonchev–Trinajstić information content (AvgIpc) is 2.73. The Bertz CT molecular complexity index is 498. The highest BCUT2D eigenvalue weighted by Gasteiger charge is 2.18. The summed E-state index contributed by atoms with van der Waals surface area (Å²) in [7, 11) is 0. The summed E-state index contributed by atoms with van der Waals surface area (Å²) in [5, 5.41) is 4.57. The SMILES string of the molecule is Fc1ccc2c([C@@H]3CCCNC3)c[nH]c2c1. The Labute approximate surface area is 93.9 Å². The third-order valence-electron chi connectivity index (χ3n) is 3.41. The minimum Gasteiger partial charge on any atom is -0.361 e. The fourth-order valence-corrected chi connectivity index (χ4v) is 2.58. The van der Waals surface area contributed by atoms with E-state index in [2.05, 4.69) is 10.3 Å². The van der Waals surface area contributed by atoms with Gasteiger partial charge in [-0.25, -0.2) is 4.39 Å². The number of halogens is 1. The van der Waals surface area contributed by atoms with E-state index in [-0.39, 0.29) is 5.82 Å². The average molecular weight is 218 g/mol. The maximum atomic E-state index is 13.1. The van der Waals surface area contributed by atoms with E-state index in [0.29, 0.717) is 5.92 Å². The number of aromatic amines is 1. The molecule has 0 radical (unpaired) electrons. The zero-order chi connectivity index (χ0) is 11.0. The van der Waals surface area contributed by atoms with E-state index in [9.17, 15) is 4.39 Å². The van der Waals surface area contributed by atoms with Crippen LogP contribution in [0.3, 0.4) is 0 Å². The van der Waals surface area contributed by atoms with Crippen LogP contribution < -0.4 is 5.32 Å². The van der Waals surface area contributed by atoms with Crippen molar-refractivity contribution >= 4 is 10.9 Å². The van der Waals surface area contributed by atoms with E-state index < -0.39 is 0 Å². The summed E-state index contributed by atoms with van der Waals surface area (Å²) in [6, 6.07) is 4.98. The Morgan fingerprint density at radius 2 is 2.25 bits per heavy atom. The van der Waals surface area contributed by atoms with Crippen molar-refractivity contribution in [2.45, 2.75) is 18.8 Å². The van der Waals surface area contributed by atoms with Crippen LogP contribution in [0, 0.1) is 5.82 Å². The van der Waals surface area contributed by atoms with Gasteiger partial charge in [-0.15, -0.1) is 0 Å². The smallest absolute Gasteiger partial charge is 0.125 e. The molecule has 1 aromatic heterocycles. The van der Waals surface area contributed by atoms with Crippen LogP contribution in [0.2, 0.25) is 0 Å². The van der Waals surface area contributed by atoms with Crippen molar-refractivity contribution in [3.8, 4) is 0 Å². The molecule has 84 valence electrons. The number of benzene rings is 1. The lowest BCUT2D eigenvalue weighted by Gasteiger charge is -2.22. The summed E-state index contributed by atoms with van der Waals surface area (Å²) in [5.41, 5.74) is 2.22. The van der Waals surface area contributed by atoms with Gasteiger partial charge in [-0.2, -0.15) is 0 Å². The van der Waals surface area contributed by atoms with Crippen LogP contribution in [-0.2, 0) is 0 Å². The molecule has 16 heavy (non-hydrogen) atoms. The fraction of sp³-hybridized carbons (Fsp3) is 0.385. The van der Waals surface area contributed by atoms with E-state index in [4.69, 9.17) is 0 Å². The first-order valence-electron chi connectivity index (χ1n) is 5.82. The number of rotatable bonds is 1. The molecular formula is C13H15FN2. The first-order chi connectivity index (χ1) is 7.84. The van der Waals surface area contributed by atoms with Gasteiger partial charge in [-0.05, 0) is 49.1 Å². The monoisotopic (exact) mass is 218 g/mol. The summed E-state index contributed by atoms with van der Waals surface area (Å²) in [6.07, 6.45) is 4.47. The largest absolute Gasteiger partial charge is 0.361 e. The van der Waals surface area contributed by atoms with E-state index in [1.165, 1.54) is 24.5 Å². The highest BCUT2D eigenvalue weighted by molar-refractivity contribution is 5.83. The molecule has 0 aliphatic carbocycles. The molecule has 2 nitrogen and oxygen atoms in total. The standard InChI is InChI=1S/C13H15FN2/c14-10-3-4-11-12(8-16-13(11)6-10)9-2-1-5-15-7-9/h3-4,6,8-9,15-16H,1-2,5,7H2/t9-/m1/s1. The first kappa shape index (κ1) is 9.85. The number of nitrogens with one attached hydrogen (secondary N) is 2. The zero-order valence-corrected chi connectivity index (χ0v) is 9.09. The van der Waals surface area contributed by atoms with Crippen LogP contribution in [-0.4, -0.2) is 18.1 Å². The predicted molar refractivity (Wildman–Crippen MR) is 63.1 cm³/mol. The number of piperidine rings is 1. The molecule has 3 heteroatoms. The van der Waals surface area contributed by atoms with E-state index in [0.717, 1.165) is 24.0 Å². The molecule has 1 aliphatic heterocycles. The van der Waals surface area contributed by atoms with Crippen molar-refractivity contribution in [2.24, 2.45) is 0 Å². The molecule has 0 spiro atoms. The quantitative estimate of drug-likeness (QED) is 0.756. The van der Waals surface area contributed by atoms with Crippen molar-refractivity contribution in [2.75, 3.05) is 13.1 Å². The van der Waals surface area contributed by atoms with E-state index >= 15 is 0 Å². The highest BCUT2D eigenvalue weighted by Crippen LogP contribution is 2.30. The first-order valence-corrected chi connectivity index (χ1v) is 5.82. The molecule has 3 rings (SSSR count). The Kier molecular flexibility index (Phi) is 2.40. The molecule has 1 aromatic carbocycles. The second-order valence-electron chi connectivity index (χ2n) is 4.48. The molecule has 2 heterocycles. The molecule has 0 saturated carbocycles. The maximum Gasteiger partial charge on any atom is 0.125 e. The lowest BCUT2D eigenvalue weighted by Crippen LogP contribution is -2.28. The predicted octanol–water partition coefficient (Wildman–Crippen LogP) is 2.77. The molecular weight excluding hydrogens is 203 g/mol. The molecule has 0 amide bonds. The van der Waals surface area contributed by atoms with Gasteiger partial charge in [-0.1, -0.05) is 0 Å². The van der Waals surface area contributed by atoms with Crippen LogP contribution in [0.25, 0.3) is 10.9 Å². The van der Waals surface area contributed by atoms with Crippen molar-refractivity contribution < 1.29 is 4.39 Å². The third kappa shape index (κ3) is 1.61. The minimum absolute atomic E-state index is 0.178. The van der Waals surface area contributed by atoms with Gasteiger partial charge in [0.2, 0.25) is 0 Å².